The first kappa shape index (κ1) is 11.5. The average Bonchev–Trinajstić information content (AvgIpc) is 3.01. The molecule has 1 aliphatic rings. The van der Waals surface area contributed by atoms with Gasteiger partial charge in [0.2, 0.25) is 0 Å². The Hall–Kier alpha value is -1.64. The highest BCUT2D eigenvalue weighted by Crippen LogP contribution is 2.32. The maximum atomic E-state index is 4.67. The highest BCUT2D eigenvalue weighted by molar-refractivity contribution is 5.56. The predicted octanol–water partition coefficient (Wildman–Crippen LogP) is 3.75. The molecule has 0 spiro atoms. The fourth-order valence-corrected chi connectivity index (χ4v) is 2.67. The van der Waals surface area contributed by atoms with E-state index in [4.69, 9.17) is 0 Å². The third kappa shape index (κ3) is 2.05. The lowest BCUT2D eigenvalue weighted by Crippen LogP contribution is -1.94. The molecule has 3 nitrogen and oxygen atoms in total. The Morgan fingerprint density at radius 2 is 1.89 bits per heavy atom. The second-order valence-electron chi connectivity index (χ2n) is 5.32. The van der Waals surface area contributed by atoms with E-state index >= 15 is 0 Å². The second-order valence-corrected chi connectivity index (χ2v) is 5.32. The van der Waals surface area contributed by atoms with E-state index in [1.54, 1.807) is 0 Å². The lowest BCUT2D eigenvalue weighted by molar-refractivity contribution is 0.672. The van der Waals surface area contributed by atoms with Crippen LogP contribution in [0.4, 0.5) is 0 Å². The molecule has 0 aliphatic heterocycles. The Balaban J connectivity index is 1.89. The van der Waals surface area contributed by atoms with Gasteiger partial charge in [-0.05, 0) is 43.9 Å². The van der Waals surface area contributed by atoms with Gasteiger partial charge in [-0.2, -0.15) is 5.10 Å². The summed E-state index contributed by atoms with van der Waals surface area (Å²) in [4.78, 5) is 4.67. The summed E-state index contributed by atoms with van der Waals surface area (Å²) < 4.78 is 0. The van der Waals surface area contributed by atoms with E-state index in [1.807, 2.05) is 0 Å². The minimum absolute atomic E-state index is 0.595. The van der Waals surface area contributed by atoms with Gasteiger partial charge in [-0.15, -0.1) is 0 Å². The minimum atomic E-state index is 0.595. The zero-order valence-corrected chi connectivity index (χ0v) is 11.0. The normalized spacial score (nSPS) is 16.3. The van der Waals surface area contributed by atoms with Crippen molar-refractivity contribution in [2.75, 3.05) is 0 Å². The van der Waals surface area contributed by atoms with E-state index in [-0.39, 0.29) is 0 Å². The fourth-order valence-electron chi connectivity index (χ4n) is 2.67. The molecule has 1 heterocycles. The van der Waals surface area contributed by atoms with Crippen LogP contribution in [0, 0.1) is 13.8 Å². The van der Waals surface area contributed by atoms with Gasteiger partial charge in [-0.3, -0.25) is 5.10 Å². The van der Waals surface area contributed by atoms with Crippen LogP contribution in [0.5, 0.6) is 0 Å². The van der Waals surface area contributed by atoms with Crippen LogP contribution in [-0.4, -0.2) is 15.2 Å². The second kappa shape index (κ2) is 4.56. The number of benzene rings is 1. The third-order valence-corrected chi connectivity index (χ3v) is 4.01. The zero-order chi connectivity index (χ0) is 12.5. The van der Waals surface area contributed by atoms with Crippen LogP contribution in [0.2, 0.25) is 0 Å². The summed E-state index contributed by atoms with van der Waals surface area (Å²) in [7, 11) is 0. The van der Waals surface area contributed by atoms with Crippen LogP contribution in [0.15, 0.2) is 18.2 Å². The molecule has 0 atom stereocenters. The van der Waals surface area contributed by atoms with Gasteiger partial charge in [-0.25, -0.2) is 4.98 Å². The Labute approximate surface area is 108 Å². The van der Waals surface area contributed by atoms with Crippen LogP contribution in [0.1, 0.15) is 48.6 Å². The zero-order valence-electron chi connectivity index (χ0n) is 11.0. The summed E-state index contributed by atoms with van der Waals surface area (Å²) in [6, 6.07) is 6.40. The first-order valence-electron chi connectivity index (χ1n) is 6.74. The van der Waals surface area contributed by atoms with Crippen molar-refractivity contribution in [1.82, 2.24) is 15.2 Å². The average molecular weight is 241 g/mol. The SMILES string of the molecule is Cc1ccc(-c2n[nH]c(C3CCCC3)n2)cc1C. The third-order valence-electron chi connectivity index (χ3n) is 4.01. The monoisotopic (exact) mass is 241 g/mol. The number of nitrogens with one attached hydrogen (secondary N) is 1. The molecule has 1 N–H and O–H groups in total. The van der Waals surface area contributed by atoms with Crippen molar-refractivity contribution in [3.8, 4) is 11.4 Å². The number of nitrogens with zero attached hydrogens (tertiary/aromatic N) is 2. The van der Waals surface area contributed by atoms with E-state index < -0.39 is 0 Å². The number of H-pyrrole nitrogens is 1. The minimum Gasteiger partial charge on any atom is -0.262 e. The van der Waals surface area contributed by atoms with Crippen molar-refractivity contribution in [2.24, 2.45) is 0 Å². The topological polar surface area (TPSA) is 41.6 Å². The number of hydrogen-bond acceptors (Lipinski definition) is 2. The van der Waals surface area contributed by atoms with Crippen LogP contribution in [-0.2, 0) is 0 Å². The van der Waals surface area contributed by atoms with Gasteiger partial charge in [0, 0.05) is 11.5 Å². The molecule has 0 saturated heterocycles. The van der Waals surface area contributed by atoms with Gasteiger partial charge in [-0.1, -0.05) is 25.0 Å². The number of hydrogen-bond donors (Lipinski definition) is 1. The lowest BCUT2D eigenvalue weighted by atomic mass is 10.1. The number of aromatic nitrogens is 3. The molecule has 0 amide bonds. The number of rotatable bonds is 2. The molecular weight excluding hydrogens is 222 g/mol. The van der Waals surface area contributed by atoms with Crippen LogP contribution >= 0.6 is 0 Å². The highest BCUT2D eigenvalue weighted by Gasteiger charge is 2.20. The van der Waals surface area contributed by atoms with E-state index in [0.717, 1.165) is 17.2 Å². The predicted molar refractivity (Wildman–Crippen MR) is 72.5 cm³/mol. The van der Waals surface area contributed by atoms with Crippen molar-refractivity contribution in [2.45, 2.75) is 45.4 Å². The Bertz CT molecular complexity index is 551. The van der Waals surface area contributed by atoms with Gasteiger partial charge in [0.25, 0.3) is 0 Å². The molecule has 2 aromatic rings. The van der Waals surface area contributed by atoms with Crippen LogP contribution in [0.3, 0.4) is 0 Å². The Kier molecular flexibility index (Phi) is 2.90. The summed E-state index contributed by atoms with van der Waals surface area (Å²) in [6.07, 6.45) is 5.15. The van der Waals surface area contributed by atoms with E-state index in [2.05, 4.69) is 47.2 Å². The first-order valence-corrected chi connectivity index (χ1v) is 6.74. The molecule has 94 valence electrons. The van der Waals surface area contributed by atoms with Gasteiger partial charge in [0.15, 0.2) is 5.82 Å². The molecule has 1 saturated carbocycles. The molecule has 1 aliphatic carbocycles. The molecule has 1 fully saturated rings. The van der Waals surface area contributed by atoms with Crippen molar-refractivity contribution >= 4 is 0 Å². The number of aromatic amines is 1. The Morgan fingerprint density at radius 3 is 2.61 bits per heavy atom. The summed E-state index contributed by atoms with van der Waals surface area (Å²) in [5.74, 6) is 2.50. The van der Waals surface area contributed by atoms with Crippen molar-refractivity contribution in [1.29, 1.82) is 0 Å². The van der Waals surface area contributed by atoms with Gasteiger partial charge < -0.3 is 0 Å². The van der Waals surface area contributed by atoms with Crippen molar-refractivity contribution in [3.05, 3.63) is 35.2 Å². The number of aryl methyl sites for hydroxylation is 2. The molecule has 0 bridgehead atoms. The summed E-state index contributed by atoms with van der Waals surface area (Å²) in [5.41, 5.74) is 3.71. The maximum Gasteiger partial charge on any atom is 0.181 e. The van der Waals surface area contributed by atoms with Gasteiger partial charge in [0.05, 0.1) is 0 Å². The Morgan fingerprint density at radius 1 is 1.11 bits per heavy atom. The highest BCUT2D eigenvalue weighted by atomic mass is 15.2. The summed E-state index contributed by atoms with van der Waals surface area (Å²) in [6.45, 7) is 4.25. The van der Waals surface area contributed by atoms with Gasteiger partial charge >= 0.3 is 0 Å². The van der Waals surface area contributed by atoms with E-state index in [0.29, 0.717) is 5.92 Å². The fraction of sp³-hybridized carbons (Fsp3) is 0.467. The molecule has 3 heteroatoms. The molecule has 18 heavy (non-hydrogen) atoms. The molecule has 1 aromatic heterocycles. The van der Waals surface area contributed by atoms with E-state index in [1.165, 1.54) is 36.8 Å². The van der Waals surface area contributed by atoms with Crippen LogP contribution in [0.25, 0.3) is 11.4 Å². The summed E-state index contributed by atoms with van der Waals surface area (Å²) >= 11 is 0. The van der Waals surface area contributed by atoms with Crippen molar-refractivity contribution in [3.63, 3.8) is 0 Å². The largest absolute Gasteiger partial charge is 0.262 e. The summed E-state index contributed by atoms with van der Waals surface area (Å²) in [5, 5.41) is 7.48. The van der Waals surface area contributed by atoms with Crippen LogP contribution < -0.4 is 0 Å². The van der Waals surface area contributed by atoms with Crippen molar-refractivity contribution < 1.29 is 0 Å². The molecule has 1 aromatic carbocycles. The van der Waals surface area contributed by atoms with Gasteiger partial charge in [0.1, 0.15) is 5.82 Å². The molecule has 0 radical (unpaired) electrons. The smallest absolute Gasteiger partial charge is 0.181 e. The lowest BCUT2D eigenvalue weighted by Gasteiger charge is -2.03. The molecule has 0 unspecified atom stereocenters. The first-order chi connectivity index (χ1) is 8.74. The molecular formula is C15H19N3. The van der Waals surface area contributed by atoms with E-state index in [9.17, 15) is 0 Å². The standard InChI is InChI=1S/C15H19N3/c1-10-7-8-13(9-11(10)2)15-16-14(17-18-15)12-5-3-4-6-12/h7-9,12H,3-6H2,1-2H3,(H,16,17,18). The molecule has 3 rings (SSSR count). The maximum absolute atomic E-state index is 4.67. The quantitative estimate of drug-likeness (QED) is 0.870.